The number of thioether (sulfide) groups is 1. The molecule has 0 radical (unpaired) electrons. The van der Waals surface area contributed by atoms with Crippen molar-refractivity contribution in [2.45, 2.75) is 6.92 Å². The number of rotatable bonds is 3. The number of nitrogens with one attached hydrogen (secondary N) is 2. The number of amides is 3. The van der Waals surface area contributed by atoms with E-state index in [1.165, 1.54) is 4.90 Å². The fourth-order valence-corrected chi connectivity index (χ4v) is 4.29. The van der Waals surface area contributed by atoms with Gasteiger partial charge in [0.1, 0.15) is 11.5 Å². The summed E-state index contributed by atoms with van der Waals surface area (Å²) in [5, 5.41) is 10.6. The predicted molar refractivity (Wildman–Crippen MR) is 118 cm³/mol. The Hall–Kier alpha value is -3.91. The molecular formula is C23H15N3O4S. The van der Waals surface area contributed by atoms with Crippen molar-refractivity contribution in [1.29, 1.82) is 5.41 Å². The van der Waals surface area contributed by atoms with Crippen molar-refractivity contribution in [1.82, 2.24) is 5.32 Å². The molecular weight excluding hydrogens is 414 g/mol. The summed E-state index contributed by atoms with van der Waals surface area (Å²) in [5.74, 6) is -0.176. The molecule has 0 spiro atoms. The molecule has 7 nitrogen and oxygen atoms in total. The van der Waals surface area contributed by atoms with E-state index >= 15 is 0 Å². The van der Waals surface area contributed by atoms with Crippen LogP contribution in [-0.4, -0.2) is 22.9 Å². The van der Waals surface area contributed by atoms with Crippen LogP contribution in [0, 0.1) is 12.3 Å². The summed E-state index contributed by atoms with van der Waals surface area (Å²) in [6, 6.07) is 15.8. The average molecular weight is 429 g/mol. The SMILES string of the molecule is Cc1ccc(N2C(=N)SC(=Cc3ccc(-c4ccc5c(c4)C(=O)NC5=O)o3)C2=O)cc1. The molecule has 0 atom stereocenters. The Bertz CT molecular complexity index is 1320. The molecule has 1 aromatic heterocycles. The zero-order chi connectivity index (χ0) is 21.7. The second-order valence-electron chi connectivity index (χ2n) is 7.14. The van der Waals surface area contributed by atoms with E-state index in [2.05, 4.69) is 5.32 Å². The molecule has 2 aromatic carbocycles. The van der Waals surface area contributed by atoms with E-state index in [1.807, 2.05) is 31.2 Å². The highest BCUT2D eigenvalue weighted by Gasteiger charge is 2.34. The number of anilines is 1. The van der Waals surface area contributed by atoms with Crippen LogP contribution in [0.25, 0.3) is 17.4 Å². The summed E-state index contributed by atoms with van der Waals surface area (Å²) < 4.78 is 5.85. The van der Waals surface area contributed by atoms with Gasteiger partial charge in [-0.15, -0.1) is 0 Å². The van der Waals surface area contributed by atoms with Crippen LogP contribution in [0.5, 0.6) is 0 Å². The predicted octanol–water partition coefficient (Wildman–Crippen LogP) is 4.19. The summed E-state index contributed by atoms with van der Waals surface area (Å²) in [7, 11) is 0. The third-order valence-electron chi connectivity index (χ3n) is 5.04. The molecule has 0 aliphatic carbocycles. The van der Waals surface area contributed by atoms with Gasteiger partial charge in [0.25, 0.3) is 17.7 Å². The second-order valence-corrected chi connectivity index (χ2v) is 8.17. The van der Waals surface area contributed by atoms with Gasteiger partial charge in [-0.1, -0.05) is 23.8 Å². The highest BCUT2D eigenvalue weighted by molar-refractivity contribution is 8.19. The summed E-state index contributed by atoms with van der Waals surface area (Å²) in [6.45, 7) is 1.96. The number of benzene rings is 2. The first-order valence-electron chi connectivity index (χ1n) is 9.40. The standard InChI is InChI=1S/C23H15N3O4S/c1-12-2-5-14(6-3-12)26-22(29)19(31-23(26)24)11-15-7-9-18(30-15)13-4-8-16-17(10-13)21(28)25-20(16)27/h2-11,24H,1H3,(H,25,27,28). The lowest BCUT2D eigenvalue weighted by atomic mass is 10.0. The van der Waals surface area contributed by atoms with Crippen LogP contribution in [0.3, 0.4) is 0 Å². The number of imide groups is 1. The van der Waals surface area contributed by atoms with Crippen LogP contribution in [0.2, 0.25) is 0 Å². The van der Waals surface area contributed by atoms with E-state index in [9.17, 15) is 14.4 Å². The van der Waals surface area contributed by atoms with Gasteiger partial charge in [-0.25, -0.2) is 0 Å². The van der Waals surface area contributed by atoms with Gasteiger partial charge in [0.05, 0.1) is 21.7 Å². The number of hydrogen-bond acceptors (Lipinski definition) is 6. The number of nitrogens with zero attached hydrogens (tertiary/aromatic N) is 1. The quantitative estimate of drug-likeness (QED) is 0.480. The molecule has 8 heteroatoms. The molecule has 2 aliphatic heterocycles. The maximum atomic E-state index is 12.9. The van der Waals surface area contributed by atoms with Gasteiger partial charge in [-0.05, 0) is 55.1 Å². The van der Waals surface area contributed by atoms with Gasteiger partial charge < -0.3 is 4.42 Å². The van der Waals surface area contributed by atoms with Gasteiger partial charge in [-0.2, -0.15) is 0 Å². The Balaban J connectivity index is 1.42. The summed E-state index contributed by atoms with van der Waals surface area (Å²) in [5.41, 5.74) is 3.00. The number of furan rings is 1. The molecule has 1 fully saturated rings. The van der Waals surface area contributed by atoms with Gasteiger partial charge in [0.15, 0.2) is 5.17 Å². The molecule has 5 rings (SSSR count). The highest BCUT2D eigenvalue weighted by atomic mass is 32.2. The van der Waals surface area contributed by atoms with Gasteiger partial charge in [0, 0.05) is 11.6 Å². The average Bonchev–Trinajstić information content (AvgIpc) is 3.41. The minimum absolute atomic E-state index is 0.126. The van der Waals surface area contributed by atoms with Crippen molar-refractivity contribution < 1.29 is 18.8 Å². The fourth-order valence-electron chi connectivity index (χ4n) is 3.45. The van der Waals surface area contributed by atoms with Crippen molar-refractivity contribution in [2.24, 2.45) is 0 Å². The number of carbonyl (C=O) groups excluding carboxylic acids is 3. The molecule has 31 heavy (non-hydrogen) atoms. The van der Waals surface area contributed by atoms with E-state index in [0.29, 0.717) is 38.8 Å². The first-order chi connectivity index (χ1) is 14.9. The lowest BCUT2D eigenvalue weighted by molar-refractivity contribution is -0.113. The summed E-state index contributed by atoms with van der Waals surface area (Å²) in [6.07, 6.45) is 1.60. The molecule has 3 amide bonds. The highest BCUT2D eigenvalue weighted by Crippen LogP contribution is 2.36. The number of hydrogen-bond donors (Lipinski definition) is 2. The minimum atomic E-state index is -0.432. The van der Waals surface area contributed by atoms with Crippen molar-refractivity contribution in [3.63, 3.8) is 0 Å². The Kier molecular flexibility index (Phi) is 4.37. The van der Waals surface area contributed by atoms with Crippen LogP contribution >= 0.6 is 11.8 Å². The van der Waals surface area contributed by atoms with E-state index in [-0.39, 0.29) is 11.1 Å². The topological polar surface area (TPSA) is 103 Å². The van der Waals surface area contributed by atoms with Gasteiger partial charge in [-0.3, -0.25) is 30.0 Å². The Morgan fingerprint density at radius 3 is 2.48 bits per heavy atom. The molecule has 0 unspecified atom stereocenters. The molecule has 1 saturated heterocycles. The lowest BCUT2D eigenvalue weighted by Gasteiger charge is -2.14. The zero-order valence-corrected chi connectivity index (χ0v) is 17.1. The van der Waals surface area contributed by atoms with Crippen molar-refractivity contribution in [2.75, 3.05) is 4.90 Å². The molecule has 3 aromatic rings. The monoisotopic (exact) mass is 429 g/mol. The van der Waals surface area contributed by atoms with Crippen LogP contribution in [0.4, 0.5) is 5.69 Å². The largest absolute Gasteiger partial charge is 0.457 e. The zero-order valence-electron chi connectivity index (χ0n) is 16.3. The lowest BCUT2D eigenvalue weighted by Crippen LogP contribution is -2.27. The Labute approximate surface area is 181 Å². The molecule has 0 bridgehead atoms. The maximum Gasteiger partial charge on any atom is 0.271 e. The third-order valence-corrected chi connectivity index (χ3v) is 5.92. The number of amidine groups is 1. The smallest absolute Gasteiger partial charge is 0.271 e. The third kappa shape index (κ3) is 3.27. The molecule has 2 N–H and O–H groups in total. The Morgan fingerprint density at radius 1 is 0.968 bits per heavy atom. The van der Waals surface area contributed by atoms with E-state index in [4.69, 9.17) is 9.83 Å². The van der Waals surface area contributed by atoms with Crippen molar-refractivity contribution in [3.8, 4) is 11.3 Å². The summed E-state index contributed by atoms with van der Waals surface area (Å²) in [4.78, 5) is 38.2. The Morgan fingerprint density at radius 2 is 1.71 bits per heavy atom. The van der Waals surface area contributed by atoms with Gasteiger partial charge in [0.2, 0.25) is 0 Å². The van der Waals surface area contributed by atoms with E-state index in [1.54, 1.807) is 36.4 Å². The molecule has 152 valence electrons. The maximum absolute atomic E-state index is 12.9. The second kappa shape index (κ2) is 7.10. The fraction of sp³-hybridized carbons (Fsp3) is 0.0435. The first kappa shape index (κ1) is 19.1. The molecule has 3 heterocycles. The van der Waals surface area contributed by atoms with Crippen LogP contribution < -0.4 is 10.2 Å². The van der Waals surface area contributed by atoms with E-state index < -0.39 is 11.8 Å². The van der Waals surface area contributed by atoms with Gasteiger partial charge >= 0.3 is 0 Å². The number of carbonyl (C=O) groups is 3. The van der Waals surface area contributed by atoms with Crippen LogP contribution in [-0.2, 0) is 4.79 Å². The van der Waals surface area contributed by atoms with Crippen LogP contribution in [0.1, 0.15) is 32.0 Å². The first-order valence-corrected chi connectivity index (χ1v) is 10.2. The molecule has 0 saturated carbocycles. The normalized spacial score (nSPS) is 16.9. The summed E-state index contributed by atoms with van der Waals surface area (Å²) >= 11 is 1.07. The van der Waals surface area contributed by atoms with Crippen LogP contribution in [0.15, 0.2) is 63.9 Å². The number of fused-ring (bicyclic) bond motifs is 1. The van der Waals surface area contributed by atoms with E-state index in [0.717, 1.165) is 17.3 Å². The van der Waals surface area contributed by atoms with Crippen molar-refractivity contribution >= 4 is 46.4 Å². The van der Waals surface area contributed by atoms with Crippen molar-refractivity contribution in [3.05, 3.63) is 82.0 Å². The number of aryl methyl sites for hydroxylation is 1. The minimum Gasteiger partial charge on any atom is -0.457 e. The molecule has 2 aliphatic rings.